The van der Waals surface area contributed by atoms with Crippen LogP contribution < -0.4 is 0 Å². The van der Waals surface area contributed by atoms with E-state index in [0.717, 1.165) is 64.2 Å². The molecule has 0 rings (SSSR count). The van der Waals surface area contributed by atoms with Crippen LogP contribution in [-0.4, -0.2) is 37.2 Å². The van der Waals surface area contributed by atoms with E-state index in [-0.39, 0.29) is 37.5 Å². The van der Waals surface area contributed by atoms with Crippen LogP contribution in [-0.2, 0) is 28.6 Å². The smallest absolute Gasteiger partial charge is 0.306 e. The minimum Gasteiger partial charge on any atom is -0.462 e. The average Bonchev–Trinajstić information content (AvgIpc) is 3.36. The normalized spacial score (nSPS) is 12.3. The second-order valence-corrected chi connectivity index (χ2v) is 20.6. The lowest BCUT2D eigenvalue weighted by Crippen LogP contribution is -2.30. The summed E-state index contributed by atoms with van der Waals surface area (Å²) in [5, 5.41) is 0. The molecule has 0 bridgehead atoms. The van der Waals surface area contributed by atoms with Crippen molar-refractivity contribution in [2.45, 2.75) is 329 Å². The van der Waals surface area contributed by atoms with Crippen molar-refractivity contribution in [1.29, 1.82) is 0 Å². The fraction of sp³-hybridized carbons (Fsp3) is 0.828. The number of rotatable bonds is 56. The van der Waals surface area contributed by atoms with Gasteiger partial charge in [0, 0.05) is 19.3 Å². The van der Waals surface area contributed by atoms with Crippen LogP contribution in [0.5, 0.6) is 0 Å². The molecule has 0 aromatic heterocycles. The van der Waals surface area contributed by atoms with Gasteiger partial charge in [0.1, 0.15) is 13.2 Å². The van der Waals surface area contributed by atoms with Crippen molar-refractivity contribution >= 4 is 17.9 Å². The fourth-order valence-corrected chi connectivity index (χ4v) is 9.05. The third-order valence-corrected chi connectivity index (χ3v) is 13.6. The van der Waals surface area contributed by atoms with E-state index in [1.165, 1.54) is 212 Å². The summed E-state index contributed by atoms with van der Waals surface area (Å²) in [6.07, 6.45) is 72.8. The molecule has 6 nitrogen and oxygen atoms in total. The van der Waals surface area contributed by atoms with Crippen LogP contribution in [0.25, 0.3) is 0 Å². The molecule has 0 radical (unpaired) electrons. The van der Waals surface area contributed by atoms with Gasteiger partial charge in [-0.2, -0.15) is 0 Å². The molecule has 70 heavy (non-hydrogen) atoms. The molecule has 0 fully saturated rings. The first-order valence-electron chi connectivity index (χ1n) is 30.6. The Bertz CT molecular complexity index is 1220. The average molecular weight is 982 g/mol. The highest BCUT2D eigenvalue weighted by atomic mass is 16.6. The van der Waals surface area contributed by atoms with Crippen molar-refractivity contribution in [3.8, 4) is 0 Å². The third-order valence-electron chi connectivity index (χ3n) is 13.6. The van der Waals surface area contributed by atoms with Gasteiger partial charge in [0.15, 0.2) is 6.10 Å². The Hall–Kier alpha value is -2.63. The molecule has 0 amide bonds. The summed E-state index contributed by atoms with van der Waals surface area (Å²) in [5.74, 6) is -0.956. The maximum absolute atomic E-state index is 12.9. The van der Waals surface area contributed by atoms with Crippen LogP contribution in [0.2, 0.25) is 0 Å². The Kier molecular flexibility index (Phi) is 56.7. The Morgan fingerprint density at radius 1 is 0.300 bits per heavy atom. The molecule has 0 saturated heterocycles. The van der Waals surface area contributed by atoms with Crippen LogP contribution in [0.4, 0.5) is 0 Å². The molecule has 0 saturated carbocycles. The van der Waals surface area contributed by atoms with Gasteiger partial charge >= 0.3 is 17.9 Å². The van der Waals surface area contributed by atoms with Crippen molar-refractivity contribution in [3.05, 3.63) is 48.6 Å². The van der Waals surface area contributed by atoms with Crippen molar-refractivity contribution in [2.75, 3.05) is 13.2 Å². The highest BCUT2D eigenvalue weighted by Gasteiger charge is 2.19. The zero-order valence-corrected chi connectivity index (χ0v) is 46.8. The molecule has 0 aromatic rings. The first-order chi connectivity index (χ1) is 34.5. The highest BCUT2D eigenvalue weighted by Crippen LogP contribution is 2.18. The predicted octanol–water partition coefficient (Wildman–Crippen LogP) is 20.6. The summed E-state index contributed by atoms with van der Waals surface area (Å²) in [7, 11) is 0. The first kappa shape index (κ1) is 67.4. The topological polar surface area (TPSA) is 78.9 Å². The molecule has 1 atom stereocenters. The maximum atomic E-state index is 12.9. The number of esters is 3. The lowest BCUT2D eigenvalue weighted by molar-refractivity contribution is -0.166. The predicted molar refractivity (Wildman–Crippen MR) is 302 cm³/mol. The molecule has 0 aromatic carbocycles. The van der Waals surface area contributed by atoms with Crippen LogP contribution in [0, 0.1) is 0 Å². The molecular formula is C64H116O6. The van der Waals surface area contributed by atoms with Crippen molar-refractivity contribution in [1.82, 2.24) is 0 Å². The molecule has 0 aliphatic carbocycles. The van der Waals surface area contributed by atoms with Gasteiger partial charge in [-0.25, -0.2) is 0 Å². The summed E-state index contributed by atoms with van der Waals surface area (Å²) in [4.78, 5) is 38.1. The summed E-state index contributed by atoms with van der Waals surface area (Å²) >= 11 is 0. The standard InChI is InChI=1S/C64H116O6/c1-4-7-10-13-16-19-22-25-27-28-29-30-31-32-33-34-35-37-39-42-45-48-51-54-57-63(66)69-60-61(59-68-62(65)56-53-50-47-44-41-38-24-21-18-15-12-9-6-3)70-64(67)58-55-52-49-46-43-40-36-26-23-20-17-14-11-8-5-2/h9,12,18,21,38,41,47,50,61H,4-8,10-11,13-17,19-20,22-37,39-40,42-46,48-49,51-60H2,1-3H3/b12-9-,21-18-,41-38-,50-47-. The van der Waals surface area contributed by atoms with Gasteiger partial charge in [0.25, 0.3) is 0 Å². The molecular weight excluding hydrogens is 865 g/mol. The van der Waals surface area contributed by atoms with Crippen molar-refractivity contribution < 1.29 is 28.6 Å². The summed E-state index contributed by atoms with van der Waals surface area (Å²) in [6.45, 7) is 6.51. The second kappa shape index (κ2) is 58.9. The zero-order valence-electron chi connectivity index (χ0n) is 46.8. The molecule has 0 aliphatic rings. The third kappa shape index (κ3) is 56.3. The minimum absolute atomic E-state index is 0.0903. The fourth-order valence-electron chi connectivity index (χ4n) is 9.05. The van der Waals surface area contributed by atoms with Gasteiger partial charge in [-0.1, -0.05) is 307 Å². The van der Waals surface area contributed by atoms with E-state index < -0.39 is 6.10 Å². The van der Waals surface area contributed by atoms with E-state index in [2.05, 4.69) is 63.3 Å². The summed E-state index contributed by atoms with van der Waals surface area (Å²) in [6, 6.07) is 0. The number of carbonyl (C=O) groups excluding carboxylic acids is 3. The van der Waals surface area contributed by atoms with Gasteiger partial charge in [-0.3, -0.25) is 14.4 Å². The molecule has 6 heteroatoms. The van der Waals surface area contributed by atoms with Gasteiger partial charge < -0.3 is 14.2 Å². The Labute approximate surface area is 435 Å². The molecule has 0 heterocycles. The zero-order chi connectivity index (χ0) is 50.7. The quantitative estimate of drug-likeness (QED) is 0.0261. The molecule has 408 valence electrons. The number of ether oxygens (including phenoxy) is 3. The second-order valence-electron chi connectivity index (χ2n) is 20.6. The van der Waals surface area contributed by atoms with Crippen LogP contribution in [0.3, 0.4) is 0 Å². The van der Waals surface area contributed by atoms with E-state index in [0.29, 0.717) is 19.3 Å². The number of allylic oxidation sites excluding steroid dienone is 8. The lowest BCUT2D eigenvalue weighted by Gasteiger charge is -2.18. The molecule has 0 aliphatic heterocycles. The van der Waals surface area contributed by atoms with Crippen LogP contribution >= 0.6 is 0 Å². The largest absolute Gasteiger partial charge is 0.462 e. The molecule has 1 unspecified atom stereocenters. The van der Waals surface area contributed by atoms with E-state index in [9.17, 15) is 14.4 Å². The van der Waals surface area contributed by atoms with Gasteiger partial charge in [-0.15, -0.1) is 0 Å². The van der Waals surface area contributed by atoms with Crippen LogP contribution in [0.15, 0.2) is 48.6 Å². The summed E-state index contributed by atoms with van der Waals surface area (Å²) in [5.41, 5.74) is 0. The number of hydrogen-bond donors (Lipinski definition) is 0. The van der Waals surface area contributed by atoms with Crippen molar-refractivity contribution in [2.24, 2.45) is 0 Å². The van der Waals surface area contributed by atoms with E-state index >= 15 is 0 Å². The van der Waals surface area contributed by atoms with Gasteiger partial charge in [-0.05, 0) is 44.9 Å². The molecule has 0 spiro atoms. The van der Waals surface area contributed by atoms with Crippen LogP contribution in [0.1, 0.15) is 323 Å². The number of carbonyl (C=O) groups is 3. The first-order valence-corrected chi connectivity index (χ1v) is 30.6. The van der Waals surface area contributed by atoms with Gasteiger partial charge in [0.2, 0.25) is 0 Å². The molecule has 0 N–H and O–H groups in total. The highest BCUT2D eigenvalue weighted by molar-refractivity contribution is 5.71. The Morgan fingerprint density at radius 3 is 0.871 bits per heavy atom. The van der Waals surface area contributed by atoms with E-state index in [1.807, 2.05) is 6.08 Å². The Morgan fingerprint density at radius 2 is 0.557 bits per heavy atom. The van der Waals surface area contributed by atoms with E-state index in [4.69, 9.17) is 14.2 Å². The monoisotopic (exact) mass is 981 g/mol. The number of hydrogen-bond acceptors (Lipinski definition) is 6. The van der Waals surface area contributed by atoms with E-state index in [1.54, 1.807) is 0 Å². The SMILES string of the molecule is CC/C=C\C/C=C\C/C=C\C/C=C\CCC(=O)OCC(COC(=O)CCCCCCCCCCCCCCCCCCCCCCCCCC)OC(=O)CCCCCCCCCCCCCCCCC. The van der Waals surface area contributed by atoms with Gasteiger partial charge in [0.05, 0.1) is 0 Å². The lowest BCUT2D eigenvalue weighted by atomic mass is 10.0. The summed E-state index contributed by atoms with van der Waals surface area (Å²) < 4.78 is 16.8. The van der Waals surface area contributed by atoms with Crippen molar-refractivity contribution in [3.63, 3.8) is 0 Å². The minimum atomic E-state index is -0.798. The maximum Gasteiger partial charge on any atom is 0.306 e. The number of unbranched alkanes of at least 4 members (excludes halogenated alkanes) is 37. The Balaban J connectivity index is 4.27.